The van der Waals surface area contributed by atoms with Crippen molar-refractivity contribution in [2.75, 3.05) is 6.54 Å². The number of imidazole rings is 1. The van der Waals surface area contributed by atoms with E-state index in [-0.39, 0.29) is 11.9 Å². The van der Waals surface area contributed by atoms with Gasteiger partial charge in [0.05, 0.1) is 5.69 Å². The van der Waals surface area contributed by atoms with E-state index in [1.54, 1.807) is 0 Å². The minimum Gasteiger partial charge on any atom is -0.351 e. The van der Waals surface area contributed by atoms with Crippen LogP contribution in [0.1, 0.15) is 86.1 Å². The monoisotopic (exact) mass is 408 g/mol. The molecule has 6 heteroatoms. The fourth-order valence-corrected chi connectivity index (χ4v) is 3.66. The lowest BCUT2D eigenvalue weighted by molar-refractivity contribution is -0.118. The summed E-state index contributed by atoms with van der Waals surface area (Å²) < 4.78 is 0. The van der Waals surface area contributed by atoms with E-state index in [1.807, 2.05) is 19.1 Å². The van der Waals surface area contributed by atoms with Crippen LogP contribution in [0.15, 0.2) is 30.3 Å². The number of fused-ring (bicyclic) bond motifs is 5. The third kappa shape index (κ3) is 5.89. The number of nitrogens with two attached hydrogens (primary N) is 1. The van der Waals surface area contributed by atoms with E-state index in [0.717, 1.165) is 49.7 Å². The molecule has 1 aliphatic heterocycles. The molecule has 0 radical (unpaired) electrons. The van der Waals surface area contributed by atoms with E-state index < -0.39 is 0 Å². The van der Waals surface area contributed by atoms with Crippen molar-refractivity contribution in [3.63, 3.8) is 0 Å². The Kier molecular flexibility index (Phi) is 7.97. The second kappa shape index (κ2) is 10.9. The molecule has 1 aromatic carbocycles. The van der Waals surface area contributed by atoms with Crippen molar-refractivity contribution in [3.05, 3.63) is 47.3 Å². The second-order valence-electron chi connectivity index (χ2n) is 7.87. The van der Waals surface area contributed by atoms with Crippen LogP contribution in [0.2, 0.25) is 0 Å². The van der Waals surface area contributed by atoms with Gasteiger partial charge in [0.15, 0.2) is 5.69 Å². The predicted octanol–water partition coefficient (Wildman–Crippen LogP) is 4.54. The van der Waals surface area contributed by atoms with Crippen molar-refractivity contribution in [3.8, 4) is 11.4 Å². The lowest BCUT2D eigenvalue weighted by atomic mass is 10.0. The molecular formula is C24H32N4O2. The number of allylic oxidation sites excluding steroid dienone is 1. The van der Waals surface area contributed by atoms with E-state index in [9.17, 15) is 9.59 Å². The predicted molar refractivity (Wildman–Crippen MR) is 120 cm³/mol. The zero-order valence-corrected chi connectivity index (χ0v) is 17.7. The number of nitrogens with one attached hydrogen (secondary N) is 2. The number of aromatic nitrogens is 2. The molecule has 6 nitrogen and oxygen atoms in total. The first kappa shape index (κ1) is 22.0. The van der Waals surface area contributed by atoms with Gasteiger partial charge in [0, 0.05) is 31.0 Å². The quantitative estimate of drug-likeness (QED) is 0.558. The van der Waals surface area contributed by atoms with Gasteiger partial charge in [-0.15, -0.1) is 0 Å². The van der Waals surface area contributed by atoms with Crippen molar-refractivity contribution in [1.82, 2.24) is 15.3 Å². The number of carbonyl (C=O) groups is 2. The molecule has 0 aliphatic carbocycles. The molecule has 4 bridgehead atoms. The van der Waals surface area contributed by atoms with Gasteiger partial charge in [-0.05, 0) is 37.3 Å². The number of H-pyrrole nitrogens is 1. The Labute approximate surface area is 178 Å². The number of rotatable bonds is 8. The van der Waals surface area contributed by atoms with Crippen LogP contribution in [0.3, 0.4) is 0 Å². The third-order valence-electron chi connectivity index (χ3n) is 5.49. The maximum atomic E-state index is 12.8. The van der Waals surface area contributed by atoms with Crippen LogP contribution >= 0.6 is 0 Å². The number of aromatic amines is 1. The van der Waals surface area contributed by atoms with Crippen molar-refractivity contribution < 1.29 is 9.59 Å². The minimum atomic E-state index is -0.301. The van der Waals surface area contributed by atoms with E-state index in [2.05, 4.69) is 39.6 Å². The fraction of sp³-hybridized carbons (Fsp3) is 0.458. The van der Waals surface area contributed by atoms with Crippen LogP contribution in [0.4, 0.5) is 0 Å². The largest absolute Gasteiger partial charge is 0.351 e. The summed E-state index contributed by atoms with van der Waals surface area (Å²) >= 11 is 0. The lowest BCUT2D eigenvalue weighted by Gasteiger charge is -2.12. The number of hydrogen-bond donors (Lipinski definition) is 3. The molecule has 3 rings (SSSR count). The normalized spacial score (nSPS) is 16.0. The zero-order valence-electron chi connectivity index (χ0n) is 17.7. The first-order chi connectivity index (χ1) is 14.6. The Morgan fingerprint density at radius 3 is 2.97 bits per heavy atom. The molecular weight excluding hydrogens is 376 g/mol. The van der Waals surface area contributed by atoms with Crippen LogP contribution < -0.4 is 11.1 Å². The van der Waals surface area contributed by atoms with Crippen LogP contribution in [0.5, 0.6) is 0 Å². The minimum absolute atomic E-state index is 0.184. The highest BCUT2D eigenvalue weighted by Crippen LogP contribution is 2.26. The van der Waals surface area contributed by atoms with Crippen molar-refractivity contribution in [1.29, 1.82) is 0 Å². The number of amides is 1. The second-order valence-corrected chi connectivity index (χ2v) is 7.87. The summed E-state index contributed by atoms with van der Waals surface area (Å²) in [5.41, 5.74) is 9.57. The summed E-state index contributed by atoms with van der Waals surface area (Å²) in [5, 5.41) is 2.97. The number of nitrogens with zero attached hydrogens (tertiary/aromatic N) is 1. The highest BCUT2D eigenvalue weighted by atomic mass is 16.2. The molecule has 0 spiro atoms. The first-order valence-electron chi connectivity index (χ1n) is 11.0. The van der Waals surface area contributed by atoms with Gasteiger partial charge >= 0.3 is 0 Å². The highest BCUT2D eigenvalue weighted by molar-refractivity contribution is 5.94. The van der Waals surface area contributed by atoms with E-state index in [1.165, 1.54) is 0 Å². The Morgan fingerprint density at radius 2 is 2.13 bits per heavy atom. The number of benzene rings is 1. The maximum Gasteiger partial charge on any atom is 0.271 e. The third-order valence-corrected chi connectivity index (χ3v) is 5.49. The van der Waals surface area contributed by atoms with E-state index >= 15 is 0 Å². The molecule has 30 heavy (non-hydrogen) atoms. The summed E-state index contributed by atoms with van der Waals surface area (Å²) in [6.45, 7) is 2.50. The summed E-state index contributed by atoms with van der Waals surface area (Å²) in [5.74, 6) is 0.784. The Balaban J connectivity index is 1.77. The molecule has 0 unspecified atom stereocenters. The topological polar surface area (TPSA) is 101 Å². The van der Waals surface area contributed by atoms with E-state index in [4.69, 9.17) is 5.73 Å². The fourth-order valence-electron chi connectivity index (χ4n) is 3.66. The van der Waals surface area contributed by atoms with Gasteiger partial charge in [-0.1, -0.05) is 50.1 Å². The number of carbonyl (C=O) groups excluding carboxylic acids is 2. The molecule has 1 atom stereocenters. The van der Waals surface area contributed by atoms with Gasteiger partial charge in [0.25, 0.3) is 5.91 Å². The van der Waals surface area contributed by atoms with E-state index in [0.29, 0.717) is 42.4 Å². The number of Topliss-reactive ketones (excluding diaryl/α,β-unsaturated/α-hetero) is 1. The molecule has 1 aromatic heterocycles. The standard InChI is InChI=1S/C24H32N4O2/c1-2-19(29)13-6-3-7-14-20(25)21-22-24(30)26-15-8-4-5-10-17-11-9-12-18(16-17)23(27-21)28-22/h5,9-12,16,20H,2-4,6-8,13-15,25H2,1H3,(H,26,30)(H,27,28)/b10-5+/t20-/m0/s1. The van der Waals surface area contributed by atoms with Crippen molar-refractivity contribution in [2.45, 2.75) is 64.3 Å². The molecule has 2 heterocycles. The summed E-state index contributed by atoms with van der Waals surface area (Å²) in [7, 11) is 0. The molecule has 1 aliphatic rings. The SMILES string of the molecule is CCC(=O)CCCCC[C@H](N)c1[nH]c2nc1C(=O)NCCC/C=C/c1cccc-2c1. The summed E-state index contributed by atoms with van der Waals surface area (Å²) in [6.07, 6.45) is 10.7. The molecule has 2 aromatic rings. The molecule has 0 saturated heterocycles. The van der Waals surface area contributed by atoms with Gasteiger partial charge in [0.2, 0.25) is 0 Å². The molecule has 1 amide bonds. The average Bonchev–Trinajstić information content (AvgIpc) is 3.21. The van der Waals surface area contributed by atoms with Gasteiger partial charge in [0.1, 0.15) is 11.6 Å². The van der Waals surface area contributed by atoms with Gasteiger partial charge < -0.3 is 16.0 Å². The molecule has 4 N–H and O–H groups in total. The molecule has 0 fully saturated rings. The van der Waals surface area contributed by atoms with Crippen molar-refractivity contribution >= 4 is 17.8 Å². The number of hydrogen-bond acceptors (Lipinski definition) is 4. The molecule has 0 saturated carbocycles. The Morgan fingerprint density at radius 1 is 1.27 bits per heavy atom. The van der Waals surface area contributed by atoms with Gasteiger partial charge in [-0.25, -0.2) is 4.98 Å². The number of unbranched alkanes of at least 4 members (excludes halogenated alkanes) is 2. The Bertz CT molecular complexity index is 900. The molecule has 160 valence electrons. The van der Waals surface area contributed by atoms with Gasteiger partial charge in [-0.3, -0.25) is 9.59 Å². The van der Waals surface area contributed by atoms with Crippen LogP contribution in [-0.4, -0.2) is 28.2 Å². The van der Waals surface area contributed by atoms with Crippen LogP contribution in [0, 0.1) is 0 Å². The summed E-state index contributed by atoms with van der Waals surface area (Å²) in [6, 6.07) is 7.80. The Hall–Kier alpha value is -2.73. The summed E-state index contributed by atoms with van der Waals surface area (Å²) in [4.78, 5) is 32.1. The van der Waals surface area contributed by atoms with Crippen LogP contribution in [0.25, 0.3) is 17.5 Å². The lowest BCUT2D eigenvalue weighted by Crippen LogP contribution is -2.27. The highest BCUT2D eigenvalue weighted by Gasteiger charge is 2.22. The van der Waals surface area contributed by atoms with Gasteiger partial charge in [-0.2, -0.15) is 0 Å². The van der Waals surface area contributed by atoms with Crippen LogP contribution in [-0.2, 0) is 4.79 Å². The number of ketones is 1. The van der Waals surface area contributed by atoms with Crippen molar-refractivity contribution in [2.24, 2.45) is 5.73 Å². The maximum absolute atomic E-state index is 12.8. The zero-order chi connectivity index (χ0) is 21.3. The smallest absolute Gasteiger partial charge is 0.271 e. The first-order valence-corrected chi connectivity index (χ1v) is 11.0. The average molecular weight is 409 g/mol.